The number of aryl methyl sites for hydroxylation is 2. The van der Waals surface area contributed by atoms with Crippen LogP contribution >= 0.6 is 11.3 Å². The molecule has 1 aromatic heterocycles. The highest BCUT2D eigenvalue weighted by molar-refractivity contribution is 7.18. The minimum Gasteiger partial charge on any atom is -0.378 e. The summed E-state index contributed by atoms with van der Waals surface area (Å²) in [6.45, 7) is 5.91. The highest BCUT2D eigenvalue weighted by Gasteiger charge is 2.30. The Kier molecular flexibility index (Phi) is 3.11. The first-order valence-electron chi connectivity index (χ1n) is 6.64. The molecule has 102 valence electrons. The Hall–Kier alpha value is -1.71. The van der Waals surface area contributed by atoms with Crippen LogP contribution in [-0.4, -0.2) is 10.1 Å². The fraction of sp³-hybridized carbons (Fsp3) is 0.235. The molecular formula is C17H17NOS. The predicted molar refractivity (Wildman–Crippen MR) is 84.2 cm³/mol. The summed E-state index contributed by atoms with van der Waals surface area (Å²) in [6, 6.07) is 14.1. The van der Waals surface area contributed by atoms with Gasteiger partial charge < -0.3 is 5.11 Å². The standard InChI is InChI=1S/C17H17NOS/c1-11-8-9-13(12(2)10-11)17(3,19)16-18-14-6-4-5-7-15(14)20-16/h4-10,19H,1-3H3/t17-/m0/s1. The fourth-order valence-electron chi connectivity index (χ4n) is 2.56. The molecule has 2 aromatic carbocycles. The van der Waals surface area contributed by atoms with Crippen LogP contribution in [0.3, 0.4) is 0 Å². The topological polar surface area (TPSA) is 33.1 Å². The average molecular weight is 283 g/mol. The molecule has 0 radical (unpaired) electrons. The summed E-state index contributed by atoms with van der Waals surface area (Å²) in [7, 11) is 0. The molecule has 0 aliphatic carbocycles. The van der Waals surface area contributed by atoms with E-state index < -0.39 is 5.60 Å². The Morgan fingerprint density at radius 1 is 1.10 bits per heavy atom. The number of para-hydroxylation sites is 1. The molecule has 0 saturated heterocycles. The summed E-state index contributed by atoms with van der Waals surface area (Å²) in [5.41, 5.74) is 3.10. The van der Waals surface area contributed by atoms with Gasteiger partial charge in [-0.05, 0) is 44.0 Å². The molecule has 0 aliphatic rings. The van der Waals surface area contributed by atoms with Crippen LogP contribution in [-0.2, 0) is 5.60 Å². The highest BCUT2D eigenvalue weighted by atomic mass is 32.1. The first-order valence-corrected chi connectivity index (χ1v) is 7.46. The van der Waals surface area contributed by atoms with Crippen LogP contribution in [0.4, 0.5) is 0 Å². The van der Waals surface area contributed by atoms with Crippen molar-refractivity contribution in [3.05, 3.63) is 64.2 Å². The summed E-state index contributed by atoms with van der Waals surface area (Å²) in [5, 5.41) is 11.7. The number of thiazole rings is 1. The number of fused-ring (bicyclic) bond motifs is 1. The van der Waals surface area contributed by atoms with Crippen molar-refractivity contribution < 1.29 is 5.11 Å². The molecule has 0 aliphatic heterocycles. The third-order valence-corrected chi connectivity index (χ3v) is 4.86. The van der Waals surface area contributed by atoms with Gasteiger partial charge in [-0.1, -0.05) is 35.9 Å². The van der Waals surface area contributed by atoms with E-state index >= 15 is 0 Å². The molecule has 0 bridgehead atoms. The lowest BCUT2D eigenvalue weighted by atomic mass is 9.91. The summed E-state index contributed by atoms with van der Waals surface area (Å²) >= 11 is 1.55. The van der Waals surface area contributed by atoms with Crippen LogP contribution in [0.15, 0.2) is 42.5 Å². The third-order valence-electron chi connectivity index (χ3n) is 3.62. The Balaban J connectivity index is 2.14. The molecule has 0 saturated carbocycles. The van der Waals surface area contributed by atoms with E-state index in [-0.39, 0.29) is 0 Å². The van der Waals surface area contributed by atoms with Crippen LogP contribution in [0.2, 0.25) is 0 Å². The zero-order valence-electron chi connectivity index (χ0n) is 11.8. The maximum Gasteiger partial charge on any atom is 0.138 e. The van der Waals surface area contributed by atoms with Crippen molar-refractivity contribution in [2.24, 2.45) is 0 Å². The van der Waals surface area contributed by atoms with Gasteiger partial charge in [0.05, 0.1) is 10.2 Å². The van der Waals surface area contributed by atoms with Crippen molar-refractivity contribution in [3.63, 3.8) is 0 Å². The second-order valence-electron chi connectivity index (χ2n) is 5.38. The quantitative estimate of drug-likeness (QED) is 0.765. The number of nitrogens with zero attached hydrogens (tertiary/aromatic N) is 1. The van der Waals surface area contributed by atoms with Gasteiger partial charge in [0.1, 0.15) is 10.6 Å². The molecule has 2 nitrogen and oxygen atoms in total. The Bertz CT molecular complexity index is 741. The largest absolute Gasteiger partial charge is 0.378 e. The van der Waals surface area contributed by atoms with Gasteiger partial charge >= 0.3 is 0 Å². The van der Waals surface area contributed by atoms with E-state index in [0.717, 1.165) is 26.4 Å². The smallest absolute Gasteiger partial charge is 0.138 e. The van der Waals surface area contributed by atoms with E-state index in [4.69, 9.17) is 0 Å². The number of hydrogen-bond acceptors (Lipinski definition) is 3. The van der Waals surface area contributed by atoms with Gasteiger partial charge in [0.25, 0.3) is 0 Å². The van der Waals surface area contributed by atoms with Crippen LogP contribution in [0.1, 0.15) is 28.6 Å². The van der Waals surface area contributed by atoms with E-state index in [1.807, 2.05) is 50.2 Å². The lowest BCUT2D eigenvalue weighted by molar-refractivity contribution is 0.101. The van der Waals surface area contributed by atoms with Gasteiger partial charge in [-0.2, -0.15) is 0 Å². The third kappa shape index (κ3) is 2.13. The number of rotatable bonds is 2. The molecular weight excluding hydrogens is 266 g/mol. The van der Waals surface area contributed by atoms with E-state index in [1.165, 1.54) is 5.56 Å². The Morgan fingerprint density at radius 3 is 2.55 bits per heavy atom. The molecule has 1 N–H and O–H groups in total. The summed E-state index contributed by atoms with van der Waals surface area (Å²) in [5.74, 6) is 0. The molecule has 3 aromatic rings. The minimum atomic E-state index is -1.05. The van der Waals surface area contributed by atoms with E-state index in [9.17, 15) is 5.11 Å². The molecule has 3 rings (SSSR count). The Labute approximate surface area is 122 Å². The van der Waals surface area contributed by atoms with Gasteiger partial charge in [0.15, 0.2) is 0 Å². The maximum absolute atomic E-state index is 11.0. The van der Waals surface area contributed by atoms with Gasteiger partial charge in [-0.3, -0.25) is 0 Å². The van der Waals surface area contributed by atoms with Gasteiger partial charge in [-0.25, -0.2) is 4.98 Å². The fourth-order valence-corrected chi connectivity index (χ4v) is 3.58. The van der Waals surface area contributed by atoms with Crippen LogP contribution < -0.4 is 0 Å². The molecule has 0 spiro atoms. The van der Waals surface area contributed by atoms with E-state index in [0.29, 0.717) is 0 Å². The second-order valence-corrected chi connectivity index (χ2v) is 6.41. The number of aliphatic hydroxyl groups is 1. The SMILES string of the molecule is Cc1ccc([C@](C)(O)c2nc3ccccc3s2)c(C)c1. The normalized spacial score (nSPS) is 14.4. The first-order chi connectivity index (χ1) is 9.48. The zero-order valence-corrected chi connectivity index (χ0v) is 12.7. The zero-order chi connectivity index (χ0) is 14.3. The van der Waals surface area contributed by atoms with Crippen molar-refractivity contribution in [2.45, 2.75) is 26.4 Å². The van der Waals surface area contributed by atoms with Crippen molar-refractivity contribution >= 4 is 21.6 Å². The van der Waals surface area contributed by atoms with Crippen molar-refractivity contribution in [1.29, 1.82) is 0 Å². The summed E-state index contributed by atoms with van der Waals surface area (Å²) in [4.78, 5) is 4.59. The molecule has 1 atom stereocenters. The Morgan fingerprint density at radius 2 is 1.85 bits per heavy atom. The van der Waals surface area contributed by atoms with Crippen molar-refractivity contribution in [3.8, 4) is 0 Å². The van der Waals surface area contributed by atoms with Gasteiger partial charge in [0, 0.05) is 0 Å². The second kappa shape index (κ2) is 4.69. The first kappa shape index (κ1) is 13.3. The summed E-state index contributed by atoms with van der Waals surface area (Å²) in [6.07, 6.45) is 0. The van der Waals surface area contributed by atoms with Crippen molar-refractivity contribution in [2.75, 3.05) is 0 Å². The minimum absolute atomic E-state index is 0.741. The van der Waals surface area contributed by atoms with E-state index in [2.05, 4.69) is 18.0 Å². The molecule has 0 fully saturated rings. The lowest BCUT2D eigenvalue weighted by Gasteiger charge is -2.23. The van der Waals surface area contributed by atoms with E-state index in [1.54, 1.807) is 11.3 Å². The number of aromatic nitrogens is 1. The maximum atomic E-state index is 11.0. The van der Waals surface area contributed by atoms with Gasteiger partial charge in [0.2, 0.25) is 0 Å². The molecule has 1 heterocycles. The highest BCUT2D eigenvalue weighted by Crippen LogP contribution is 2.36. The average Bonchev–Trinajstić information content (AvgIpc) is 2.82. The van der Waals surface area contributed by atoms with Gasteiger partial charge in [-0.15, -0.1) is 11.3 Å². The predicted octanol–water partition coefficient (Wildman–Crippen LogP) is 4.17. The van der Waals surface area contributed by atoms with Crippen LogP contribution in [0.5, 0.6) is 0 Å². The molecule has 0 unspecified atom stereocenters. The monoisotopic (exact) mass is 283 g/mol. The van der Waals surface area contributed by atoms with Crippen LogP contribution in [0.25, 0.3) is 10.2 Å². The molecule has 20 heavy (non-hydrogen) atoms. The number of benzene rings is 2. The number of hydrogen-bond donors (Lipinski definition) is 1. The molecule has 0 amide bonds. The molecule has 3 heteroatoms. The lowest BCUT2D eigenvalue weighted by Crippen LogP contribution is -2.23. The summed E-state index contributed by atoms with van der Waals surface area (Å²) < 4.78 is 1.10. The van der Waals surface area contributed by atoms with Crippen molar-refractivity contribution in [1.82, 2.24) is 4.98 Å². The van der Waals surface area contributed by atoms with Crippen LogP contribution in [0, 0.1) is 13.8 Å².